The zero-order chi connectivity index (χ0) is 20.1. The molecule has 6 nitrogen and oxygen atoms in total. The molecule has 3 rings (SSSR count). The summed E-state index contributed by atoms with van der Waals surface area (Å²) in [6.45, 7) is 2.15. The van der Waals surface area contributed by atoms with Crippen LogP contribution < -0.4 is 10.7 Å². The second kappa shape index (κ2) is 8.50. The van der Waals surface area contributed by atoms with Crippen LogP contribution in [0.1, 0.15) is 55.6 Å². The van der Waals surface area contributed by atoms with Gasteiger partial charge in [-0.05, 0) is 43.9 Å². The second-order valence-corrected chi connectivity index (χ2v) is 7.68. The summed E-state index contributed by atoms with van der Waals surface area (Å²) in [6.07, 6.45) is 5.18. The van der Waals surface area contributed by atoms with Crippen molar-refractivity contribution in [1.29, 1.82) is 0 Å². The molecule has 0 saturated heterocycles. The highest BCUT2D eigenvalue weighted by atomic mass is 16.4. The summed E-state index contributed by atoms with van der Waals surface area (Å²) in [5.74, 6) is 0.418. The Morgan fingerprint density at radius 1 is 1.14 bits per heavy atom. The number of carbonyl (C=O) groups excluding carboxylic acids is 1. The van der Waals surface area contributed by atoms with Crippen molar-refractivity contribution >= 4 is 5.91 Å². The molecule has 0 radical (unpaired) electrons. The maximum atomic E-state index is 12.7. The van der Waals surface area contributed by atoms with Crippen LogP contribution in [0, 0.1) is 6.92 Å². The number of hydrogen-bond acceptors (Lipinski definition) is 5. The fourth-order valence-electron chi connectivity index (χ4n) is 4.05. The van der Waals surface area contributed by atoms with Gasteiger partial charge in [-0.15, -0.1) is 0 Å². The van der Waals surface area contributed by atoms with Crippen LogP contribution in [0.25, 0.3) is 0 Å². The number of phenols is 1. The molecule has 1 aromatic heterocycles. The van der Waals surface area contributed by atoms with Crippen LogP contribution in [0.4, 0.5) is 0 Å². The lowest BCUT2D eigenvalue weighted by Gasteiger charge is -2.36. The highest BCUT2D eigenvalue weighted by Crippen LogP contribution is 2.44. The summed E-state index contributed by atoms with van der Waals surface area (Å²) in [7, 11) is 0. The van der Waals surface area contributed by atoms with Gasteiger partial charge < -0.3 is 19.9 Å². The quantitative estimate of drug-likeness (QED) is 0.708. The molecule has 0 bridgehead atoms. The molecule has 3 N–H and O–H groups in total. The topological polar surface area (TPSA) is 99.8 Å². The standard InChI is InChI=1S/C22H27NO5/c1-15-13-18(25)20(27)21(28-15)22(10-3-2-4-11-22)14-19(26)23-12-9-16-5-7-17(24)8-6-16/h5-8,13,24,27H,2-4,9-12,14H2,1H3,(H,23,26). The first-order chi connectivity index (χ1) is 13.4. The van der Waals surface area contributed by atoms with Gasteiger partial charge in [-0.25, -0.2) is 0 Å². The number of rotatable bonds is 6. The van der Waals surface area contributed by atoms with Crippen molar-refractivity contribution in [2.45, 2.75) is 57.3 Å². The van der Waals surface area contributed by atoms with Gasteiger partial charge in [0.25, 0.3) is 0 Å². The molecule has 28 heavy (non-hydrogen) atoms. The Balaban J connectivity index is 1.71. The predicted molar refractivity (Wildman–Crippen MR) is 106 cm³/mol. The number of amides is 1. The highest BCUT2D eigenvalue weighted by molar-refractivity contribution is 5.77. The third kappa shape index (κ3) is 4.55. The number of phenolic OH excluding ortho intramolecular Hbond substituents is 1. The SMILES string of the molecule is Cc1cc(=O)c(O)c(C2(CC(=O)NCCc3ccc(O)cc3)CCCCC2)o1. The molecule has 1 heterocycles. The lowest BCUT2D eigenvalue weighted by molar-refractivity contribution is -0.122. The van der Waals surface area contributed by atoms with Gasteiger partial charge in [0.15, 0.2) is 5.76 Å². The summed E-state index contributed by atoms with van der Waals surface area (Å²) in [5.41, 5.74) is -0.0832. The molecule has 150 valence electrons. The molecular weight excluding hydrogens is 358 g/mol. The first-order valence-corrected chi connectivity index (χ1v) is 9.78. The van der Waals surface area contributed by atoms with Gasteiger partial charge in [-0.1, -0.05) is 31.4 Å². The summed E-state index contributed by atoms with van der Waals surface area (Å²) < 4.78 is 5.76. The van der Waals surface area contributed by atoms with Crippen LogP contribution in [0.15, 0.2) is 39.5 Å². The molecule has 0 unspecified atom stereocenters. The van der Waals surface area contributed by atoms with E-state index < -0.39 is 10.8 Å². The first-order valence-electron chi connectivity index (χ1n) is 9.78. The fourth-order valence-corrected chi connectivity index (χ4v) is 4.05. The number of carbonyl (C=O) groups is 1. The maximum absolute atomic E-state index is 12.7. The minimum atomic E-state index is -0.643. The molecule has 1 aromatic carbocycles. The van der Waals surface area contributed by atoms with E-state index in [9.17, 15) is 19.8 Å². The monoisotopic (exact) mass is 385 g/mol. The molecule has 0 atom stereocenters. The minimum absolute atomic E-state index is 0.121. The zero-order valence-corrected chi connectivity index (χ0v) is 16.2. The number of nitrogens with one attached hydrogen (secondary N) is 1. The van der Waals surface area contributed by atoms with Crippen molar-refractivity contribution in [2.24, 2.45) is 0 Å². The summed E-state index contributed by atoms with van der Waals surface area (Å²) in [4.78, 5) is 24.7. The molecular formula is C22H27NO5. The lowest BCUT2D eigenvalue weighted by Crippen LogP contribution is -2.38. The van der Waals surface area contributed by atoms with Gasteiger partial charge in [0.2, 0.25) is 17.1 Å². The van der Waals surface area contributed by atoms with E-state index in [-0.39, 0.29) is 29.6 Å². The molecule has 1 amide bonds. The van der Waals surface area contributed by atoms with E-state index in [0.717, 1.165) is 24.8 Å². The molecule has 1 saturated carbocycles. The average molecular weight is 385 g/mol. The van der Waals surface area contributed by atoms with Gasteiger partial charge in [0, 0.05) is 24.4 Å². The Bertz CT molecular complexity index is 879. The third-order valence-corrected chi connectivity index (χ3v) is 5.51. The van der Waals surface area contributed by atoms with E-state index in [4.69, 9.17) is 4.42 Å². The Morgan fingerprint density at radius 2 is 1.82 bits per heavy atom. The van der Waals surface area contributed by atoms with Gasteiger partial charge in [-0.3, -0.25) is 9.59 Å². The van der Waals surface area contributed by atoms with Gasteiger partial charge in [0.1, 0.15) is 11.5 Å². The van der Waals surface area contributed by atoms with Gasteiger partial charge in [0.05, 0.1) is 0 Å². The van der Waals surface area contributed by atoms with Crippen molar-refractivity contribution in [2.75, 3.05) is 6.54 Å². The molecule has 1 aliphatic carbocycles. The largest absolute Gasteiger partial charge is 0.508 e. The predicted octanol–water partition coefficient (Wildman–Crippen LogP) is 3.31. The number of hydrogen-bond donors (Lipinski definition) is 3. The van der Waals surface area contributed by atoms with Crippen molar-refractivity contribution in [3.63, 3.8) is 0 Å². The Kier molecular flexibility index (Phi) is 6.07. The smallest absolute Gasteiger partial charge is 0.227 e. The van der Waals surface area contributed by atoms with Gasteiger partial charge >= 0.3 is 0 Å². The summed E-state index contributed by atoms with van der Waals surface area (Å²) in [6, 6.07) is 8.16. The van der Waals surface area contributed by atoms with Crippen LogP contribution >= 0.6 is 0 Å². The van der Waals surface area contributed by atoms with E-state index in [1.165, 1.54) is 6.07 Å². The van der Waals surface area contributed by atoms with Crippen molar-refractivity contribution in [3.8, 4) is 11.5 Å². The maximum Gasteiger partial charge on any atom is 0.227 e. The Hall–Kier alpha value is -2.76. The first kappa shape index (κ1) is 20.0. The molecule has 6 heteroatoms. The third-order valence-electron chi connectivity index (χ3n) is 5.51. The average Bonchev–Trinajstić information content (AvgIpc) is 2.67. The Labute approximate surface area is 164 Å². The van der Waals surface area contributed by atoms with E-state index in [0.29, 0.717) is 31.6 Å². The van der Waals surface area contributed by atoms with E-state index in [1.807, 2.05) is 12.1 Å². The van der Waals surface area contributed by atoms with Crippen LogP contribution in [-0.2, 0) is 16.6 Å². The number of benzene rings is 1. The molecule has 0 aliphatic heterocycles. The van der Waals surface area contributed by atoms with E-state index in [1.54, 1.807) is 19.1 Å². The van der Waals surface area contributed by atoms with Crippen molar-refractivity contribution in [1.82, 2.24) is 5.32 Å². The van der Waals surface area contributed by atoms with Gasteiger partial charge in [-0.2, -0.15) is 0 Å². The summed E-state index contributed by atoms with van der Waals surface area (Å²) >= 11 is 0. The van der Waals surface area contributed by atoms with Crippen molar-refractivity contribution in [3.05, 3.63) is 57.6 Å². The Morgan fingerprint density at radius 3 is 2.50 bits per heavy atom. The number of aromatic hydroxyl groups is 2. The lowest BCUT2D eigenvalue weighted by atomic mass is 9.69. The molecule has 0 spiro atoms. The number of aryl methyl sites for hydroxylation is 1. The van der Waals surface area contributed by atoms with Crippen LogP contribution in [0.3, 0.4) is 0 Å². The fraction of sp³-hybridized carbons (Fsp3) is 0.455. The van der Waals surface area contributed by atoms with E-state index >= 15 is 0 Å². The van der Waals surface area contributed by atoms with Crippen molar-refractivity contribution < 1.29 is 19.4 Å². The van der Waals surface area contributed by atoms with E-state index in [2.05, 4.69) is 5.32 Å². The van der Waals surface area contributed by atoms with Crippen LogP contribution in [-0.4, -0.2) is 22.7 Å². The van der Waals surface area contributed by atoms with Crippen LogP contribution in [0.2, 0.25) is 0 Å². The molecule has 1 aliphatic rings. The second-order valence-electron chi connectivity index (χ2n) is 7.68. The minimum Gasteiger partial charge on any atom is -0.508 e. The van der Waals surface area contributed by atoms with Crippen LogP contribution in [0.5, 0.6) is 11.5 Å². The molecule has 2 aromatic rings. The highest BCUT2D eigenvalue weighted by Gasteiger charge is 2.41. The normalized spacial score (nSPS) is 15.9. The summed E-state index contributed by atoms with van der Waals surface area (Å²) in [5, 5.41) is 22.6. The molecule has 1 fully saturated rings. The zero-order valence-electron chi connectivity index (χ0n) is 16.2.